The van der Waals surface area contributed by atoms with Crippen LogP contribution in [-0.2, 0) is 56.5 Å². The minimum absolute atomic E-state index is 0.0705. The molecule has 0 saturated carbocycles. The number of nitrogens with zero attached hydrogens (tertiary/aromatic N) is 4. The SMILES string of the molecule is CCC(CC)(c1ccc(/C=C/C(O[Si](C)(C)C(C)(C)C)(C(F)(F)F)C(F)(F)F)c(C)c1)c1ccc(B2OC(C)(C)C(C)(C)O2)c(C)c1.CCOC(=O)Cc1cnc(-c2ccc(C(CC)(CC)c3ccc(/C=C/C(O)(C(F)(F)F)C(F)(F)F)c(C)c3)cc2C)nc1.CCOC(=O)Cc1cnc(Br)nc1. The maximum absolute atomic E-state index is 14.4. The highest BCUT2D eigenvalue weighted by molar-refractivity contribution is 9.10. The van der Waals surface area contributed by atoms with E-state index in [1.807, 2.05) is 85.7 Å². The van der Waals surface area contributed by atoms with Crippen molar-refractivity contribution in [2.75, 3.05) is 13.2 Å². The lowest BCUT2D eigenvalue weighted by atomic mass is 9.68. The van der Waals surface area contributed by atoms with Crippen molar-refractivity contribution < 1.29 is 90.6 Å². The summed E-state index contributed by atoms with van der Waals surface area (Å²) in [5.41, 5.74) is -1.13. The fraction of sp³-hybridized carbons (Fsp3) is 0.500. The van der Waals surface area contributed by atoms with Gasteiger partial charge in [0.2, 0.25) is 0 Å². The monoisotopic (exact) mass is 1540 g/mol. The molecule has 103 heavy (non-hydrogen) atoms. The first-order valence-electron chi connectivity index (χ1n) is 33.8. The highest BCUT2D eigenvalue weighted by Gasteiger charge is 2.73. The molecule has 6 aromatic rings. The van der Waals surface area contributed by atoms with Gasteiger partial charge in [0.25, 0.3) is 11.2 Å². The molecule has 1 fully saturated rings. The molecule has 0 bridgehead atoms. The number of ether oxygens (including phenoxy) is 2. The molecule has 0 spiro atoms. The smallest absolute Gasteiger partial charge is 0.466 e. The molecule has 12 nitrogen and oxygen atoms in total. The quantitative estimate of drug-likeness (QED) is 0.0298. The third-order valence-corrected chi connectivity index (χ3v) is 24.9. The van der Waals surface area contributed by atoms with Crippen molar-refractivity contribution in [3.8, 4) is 11.4 Å². The van der Waals surface area contributed by atoms with Gasteiger partial charge in [-0.05, 0) is 208 Å². The average Bonchev–Trinajstić information content (AvgIpc) is 1.31. The number of benzene rings is 4. The van der Waals surface area contributed by atoms with Gasteiger partial charge in [0.1, 0.15) is 0 Å². The van der Waals surface area contributed by atoms with Crippen molar-refractivity contribution in [2.24, 2.45) is 0 Å². The molecule has 0 radical (unpaired) electrons. The number of alkyl halides is 12. The van der Waals surface area contributed by atoms with Gasteiger partial charge in [-0.15, -0.1) is 0 Å². The number of rotatable bonds is 22. The zero-order valence-corrected chi connectivity index (χ0v) is 64.4. The van der Waals surface area contributed by atoms with E-state index in [4.69, 9.17) is 23.2 Å². The Morgan fingerprint density at radius 3 is 1.23 bits per heavy atom. The predicted octanol–water partition coefficient (Wildman–Crippen LogP) is 19.8. The Morgan fingerprint density at radius 2 is 0.893 bits per heavy atom. The first kappa shape index (κ1) is 86.9. The Hall–Kier alpha value is -6.78. The van der Waals surface area contributed by atoms with Crippen LogP contribution in [0.4, 0.5) is 52.7 Å². The van der Waals surface area contributed by atoms with Crippen LogP contribution >= 0.6 is 15.9 Å². The second kappa shape index (κ2) is 33.3. The van der Waals surface area contributed by atoms with E-state index < -0.39 is 78.4 Å². The summed E-state index contributed by atoms with van der Waals surface area (Å²) in [5.74, 6) is -0.133. The number of hydrogen-bond donors (Lipinski definition) is 1. The Bertz CT molecular complexity index is 3900. The van der Waals surface area contributed by atoms with Gasteiger partial charge in [-0.2, -0.15) is 52.7 Å². The molecule has 0 aliphatic carbocycles. The first-order valence-corrected chi connectivity index (χ1v) is 37.5. The highest BCUT2D eigenvalue weighted by Crippen LogP contribution is 2.53. The number of aromatic nitrogens is 4. The Balaban J connectivity index is 0.000000316. The lowest BCUT2D eigenvalue weighted by Gasteiger charge is -2.45. The van der Waals surface area contributed by atoms with E-state index in [2.05, 4.69) is 61.8 Å². The predicted molar refractivity (Wildman–Crippen MR) is 383 cm³/mol. The van der Waals surface area contributed by atoms with Crippen LogP contribution in [0.25, 0.3) is 23.5 Å². The Labute approximate surface area is 606 Å². The number of halogens is 13. The average molecular weight is 1540 g/mol. The lowest BCUT2D eigenvalue weighted by Crippen LogP contribution is -2.63. The molecule has 7 rings (SSSR count). The van der Waals surface area contributed by atoms with Crippen LogP contribution in [0.15, 0.2) is 114 Å². The topological polar surface area (TPSA) is 152 Å². The van der Waals surface area contributed by atoms with Gasteiger partial charge in [-0.25, -0.2) is 19.9 Å². The van der Waals surface area contributed by atoms with Crippen molar-refractivity contribution in [3.05, 3.63) is 181 Å². The van der Waals surface area contributed by atoms with E-state index in [-0.39, 0.29) is 54.7 Å². The fourth-order valence-electron chi connectivity index (χ4n) is 11.8. The highest BCUT2D eigenvalue weighted by atomic mass is 79.9. The Kier molecular flexibility index (Phi) is 28.1. The second-order valence-corrected chi connectivity index (χ2v) is 33.6. The van der Waals surface area contributed by atoms with Gasteiger partial charge in [-0.3, -0.25) is 9.59 Å². The maximum Gasteiger partial charge on any atom is 0.495 e. The number of hydrogen-bond acceptors (Lipinski definition) is 12. The van der Waals surface area contributed by atoms with Crippen molar-refractivity contribution in [1.82, 2.24) is 19.9 Å². The van der Waals surface area contributed by atoms with Crippen LogP contribution in [-0.4, -0.2) is 113 Å². The molecule has 1 aliphatic rings. The molecular formula is C76H94BBrF12N4O8Si. The van der Waals surface area contributed by atoms with Crippen LogP contribution in [0, 0.1) is 27.7 Å². The van der Waals surface area contributed by atoms with Gasteiger partial charge in [0.15, 0.2) is 18.9 Å². The number of carbonyl (C=O) groups is 2. The molecule has 2 aromatic heterocycles. The van der Waals surface area contributed by atoms with Crippen molar-refractivity contribution in [3.63, 3.8) is 0 Å². The van der Waals surface area contributed by atoms with E-state index in [0.717, 1.165) is 68.9 Å². The summed E-state index contributed by atoms with van der Waals surface area (Å²) in [6, 6.07) is 22.2. The summed E-state index contributed by atoms with van der Waals surface area (Å²) < 4.78 is 193. The molecule has 1 aliphatic heterocycles. The van der Waals surface area contributed by atoms with Crippen molar-refractivity contribution in [1.29, 1.82) is 0 Å². The van der Waals surface area contributed by atoms with Gasteiger partial charge < -0.3 is 28.3 Å². The molecule has 1 N–H and O–H groups in total. The molecule has 1 saturated heterocycles. The largest absolute Gasteiger partial charge is 0.495 e. The van der Waals surface area contributed by atoms with Crippen molar-refractivity contribution >= 4 is 60.9 Å². The van der Waals surface area contributed by atoms with E-state index in [1.165, 1.54) is 19.2 Å². The minimum Gasteiger partial charge on any atom is -0.466 e. The molecule has 27 heteroatoms. The summed E-state index contributed by atoms with van der Waals surface area (Å²) in [6.07, 6.45) is -12.5. The summed E-state index contributed by atoms with van der Waals surface area (Å²) in [6.45, 7) is 35.2. The van der Waals surface area contributed by atoms with E-state index in [0.29, 0.717) is 52.8 Å². The van der Waals surface area contributed by atoms with Crippen LogP contribution in [0.1, 0.15) is 182 Å². The molecule has 4 aromatic carbocycles. The maximum atomic E-state index is 14.4. The van der Waals surface area contributed by atoms with Crippen molar-refractivity contribution in [2.45, 2.75) is 232 Å². The minimum atomic E-state index is -5.94. The second-order valence-electron chi connectivity index (χ2n) is 28.2. The van der Waals surface area contributed by atoms with Gasteiger partial charge in [0, 0.05) is 41.2 Å². The lowest BCUT2D eigenvalue weighted by molar-refractivity contribution is -0.347. The first-order chi connectivity index (χ1) is 47.4. The molecule has 564 valence electrons. The van der Waals surface area contributed by atoms with E-state index in [9.17, 15) is 67.4 Å². The summed E-state index contributed by atoms with van der Waals surface area (Å²) >= 11 is 3.10. The van der Waals surface area contributed by atoms with Gasteiger partial charge in [0.05, 0.1) is 37.3 Å². The zero-order valence-electron chi connectivity index (χ0n) is 61.8. The standard InChI is InChI=1S/C36H51BF6O3Si.C32H34F6N2O3.C8H9BrN2O2/c1-14-33(15-2,28-18-19-29(25(4)23-28)37-44-31(8,9)32(10,11)45-37)27-17-16-26(24(3)22-27)20-21-34(35(38,39)40,36(41,42)43)46-47(12,13)30(5,6)7;1-6-29(7-2,24-10-9-23(20(4)15-24)13-14-30(42,31(33,34)35)32(36,37)38)25-11-12-26(21(5)16-25)28-39-18-22(19-40-28)17-27(41)43-8-3;1-2-13-7(12)3-6-4-10-8(9)11-5-6/h16-23H,14-15H2,1-13H3;9-16,18-19,42H,6-8,17H2,1-5H3;4-5H,2-3H2,1H3/b21-20+;14-13+;. The molecular weight excluding hydrogens is 1440 g/mol. The summed E-state index contributed by atoms with van der Waals surface area (Å²) in [5, 5.41) is 8.60. The molecule has 3 heterocycles. The van der Waals surface area contributed by atoms with Crippen LogP contribution in [0.5, 0.6) is 0 Å². The van der Waals surface area contributed by atoms with Crippen LogP contribution < -0.4 is 5.46 Å². The number of aliphatic hydroxyl groups is 1. The summed E-state index contributed by atoms with van der Waals surface area (Å²) in [7, 11) is -4.04. The number of aryl methyl sites for hydroxylation is 4. The fourth-order valence-corrected chi connectivity index (χ4v) is 13.4. The summed E-state index contributed by atoms with van der Waals surface area (Å²) in [4.78, 5) is 39.4. The third-order valence-electron chi connectivity index (χ3n) is 20.0. The molecule has 0 unspecified atom stereocenters. The number of esters is 2. The normalized spacial score (nSPS) is 14.9. The third kappa shape index (κ3) is 19.6. The zero-order chi connectivity index (χ0) is 78.1. The molecule has 0 amide bonds. The Morgan fingerprint density at radius 1 is 0.534 bits per heavy atom. The number of carbonyl (C=O) groups excluding carboxylic acids is 2. The van der Waals surface area contributed by atoms with Gasteiger partial charge in [-0.1, -0.05) is 139 Å². The van der Waals surface area contributed by atoms with Crippen LogP contribution in [0.2, 0.25) is 18.1 Å². The van der Waals surface area contributed by atoms with Gasteiger partial charge >= 0.3 is 43.8 Å². The van der Waals surface area contributed by atoms with E-state index in [1.54, 1.807) is 97.5 Å². The van der Waals surface area contributed by atoms with Crippen LogP contribution in [0.3, 0.4) is 0 Å². The molecule has 0 atom stereocenters. The van der Waals surface area contributed by atoms with E-state index >= 15 is 0 Å².